The quantitative estimate of drug-likeness (QED) is 0.155. The van der Waals surface area contributed by atoms with Gasteiger partial charge >= 0.3 is 0 Å². The summed E-state index contributed by atoms with van der Waals surface area (Å²) in [5, 5.41) is 7.06. The maximum Gasteiger partial charge on any atom is 0.0527 e. The molecule has 0 saturated heterocycles. The van der Waals surface area contributed by atoms with E-state index in [1.165, 1.54) is 156 Å². The molecule has 0 unspecified atom stereocenters. The van der Waals surface area contributed by atoms with Gasteiger partial charge in [0.05, 0.1) is 5.69 Å². The molecule has 12 heteroatoms. The fourth-order valence-electron chi connectivity index (χ4n) is 19.1. The summed E-state index contributed by atoms with van der Waals surface area (Å²) in [5.74, 6) is 0. The van der Waals surface area contributed by atoms with Gasteiger partial charge in [-0.25, -0.2) is 0 Å². The van der Waals surface area contributed by atoms with Gasteiger partial charge in [-0.15, -0.1) is 30.9 Å². The number of nitrogens with zero attached hydrogens (tertiary/aromatic N) is 9. The summed E-state index contributed by atoms with van der Waals surface area (Å²) < 4.78 is 4.60. The summed E-state index contributed by atoms with van der Waals surface area (Å²) in [6, 6.07) is 142. The number of aryl methyl sites for hydroxylation is 4. The Morgan fingerprint density at radius 3 is 1.21 bits per heavy atom. The molecule has 16 aromatic carbocycles. The molecule has 4 aliphatic heterocycles. The van der Waals surface area contributed by atoms with Crippen LogP contribution >= 0.6 is 0 Å². The zero-order chi connectivity index (χ0) is 92.1. The van der Waals surface area contributed by atoms with Gasteiger partial charge in [-0.05, 0) is 180 Å². The van der Waals surface area contributed by atoms with Gasteiger partial charge in [-0.1, -0.05) is 296 Å². The fraction of sp³-hybridized carbons (Fsp3) is 0.153. The normalized spacial score (nSPS) is 12.2. The molecule has 0 spiro atoms. The van der Waals surface area contributed by atoms with E-state index in [4.69, 9.17) is 0 Å². The van der Waals surface area contributed by atoms with Crippen molar-refractivity contribution in [2.75, 3.05) is 78.7 Å². The zero-order valence-corrected chi connectivity index (χ0v) is 88.6. The van der Waals surface area contributed by atoms with Crippen LogP contribution in [0.25, 0.3) is 44.5 Å². The second-order valence-corrected chi connectivity index (χ2v) is 34.6. The summed E-state index contributed by atoms with van der Waals surface area (Å²) in [4.78, 5) is 13.1. The molecule has 136 heavy (non-hydrogen) atoms. The number of hydrogen-bond donors (Lipinski definition) is 0. The van der Waals surface area contributed by atoms with Crippen LogP contribution in [0.3, 0.4) is 0 Å². The van der Waals surface area contributed by atoms with Gasteiger partial charge in [0.25, 0.3) is 0 Å². The maximum atomic E-state index is 4.25. The van der Waals surface area contributed by atoms with E-state index >= 15 is 0 Å². The van der Waals surface area contributed by atoms with Crippen molar-refractivity contribution in [3.05, 3.63) is 533 Å². The SMILES string of the molecule is CN1Cc2ccccc2Cc2ccccc21.CN1Cc2ccccc2Cc2ccccc21.CN1c2ccccc2CCc2ccccc21.CN1c2ccccc2Cc2ccccc21.C[N-]c1ccccc1Cc1[c-]cccc1.Cn1c2c(c3ccccc31)CC=C2.Cn1c2c(c3ccccc31)Cc1ccccc1-2.[CH2-]c1ccccc1N(C)c1[c-]cccc1.[CH2-]c1ccccc1N([CH2-])C.[Y].[Y].[Y]. The van der Waals surface area contributed by atoms with E-state index in [1.807, 2.05) is 129 Å². The van der Waals surface area contributed by atoms with Crippen LogP contribution in [0.4, 0.5) is 56.9 Å². The van der Waals surface area contributed by atoms with Crippen molar-refractivity contribution < 1.29 is 98.1 Å². The first-order valence-electron chi connectivity index (χ1n) is 46.1. The number of aromatic nitrogens is 2. The molecule has 675 valence electrons. The molecule has 0 amide bonds. The van der Waals surface area contributed by atoms with Crippen LogP contribution in [0, 0.1) is 33.0 Å². The van der Waals surface area contributed by atoms with E-state index in [-0.39, 0.29) is 98.1 Å². The molecule has 0 N–H and O–H groups in total. The van der Waals surface area contributed by atoms with Crippen LogP contribution in [0.2, 0.25) is 0 Å². The number of benzene rings is 16. The summed E-state index contributed by atoms with van der Waals surface area (Å²) in [6.45, 7) is 9.89. The Kier molecular flexibility index (Phi) is 36.6. The van der Waals surface area contributed by atoms with Crippen molar-refractivity contribution in [2.24, 2.45) is 14.1 Å². The first-order valence-corrected chi connectivity index (χ1v) is 46.1. The van der Waals surface area contributed by atoms with Crippen molar-refractivity contribution in [1.29, 1.82) is 0 Å². The number of fused-ring (bicyclic) bond motifs is 16. The number of anilines is 9. The molecular formula is C124H119N9Y3-6. The van der Waals surface area contributed by atoms with Crippen LogP contribution in [0.1, 0.15) is 100 Å². The monoisotopic (exact) mass is 2000 g/mol. The Morgan fingerprint density at radius 1 is 0.346 bits per heavy atom. The largest absolute Gasteiger partial charge is 0.687 e. The number of allylic oxidation sites excluding steroid dienone is 1. The molecule has 24 rings (SSSR count). The first-order chi connectivity index (χ1) is 65.0. The Morgan fingerprint density at radius 2 is 0.728 bits per heavy atom. The van der Waals surface area contributed by atoms with Crippen LogP contribution < -0.4 is 29.4 Å². The Hall–Kier alpha value is -12.0. The zero-order valence-electron chi connectivity index (χ0n) is 80.1. The average molecular weight is 2000 g/mol. The molecule has 6 aliphatic rings. The van der Waals surface area contributed by atoms with Crippen LogP contribution in [-0.2, 0) is 177 Å². The minimum absolute atomic E-state index is 0. The van der Waals surface area contributed by atoms with Crippen molar-refractivity contribution in [1.82, 2.24) is 9.13 Å². The average Bonchev–Trinajstić information content (AvgIpc) is 1.58. The molecule has 18 aromatic rings. The third kappa shape index (κ3) is 24.3. The van der Waals surface area contributed by atoms with Gasteiger partial charge in [0.2, 0.25) is 0 Å². The molecule has 6 heterocycles. The minimum atomic E-state index is 0. The van der Waals surface area contributed by atoms with Gasteiger partial charge in [0, 0.05) is 234 Å². The Labute approximate surface area is 884 Å². The van der Waals surface area contributed by atoms with E-state index in [0.717, 1.165) is 98.3 Å². The minimum Gasteiger partial charge on any atom is -0.687 e. The summed E-state index contributed by atoms with van der Waals surface area (Å²) in [6.07, 6.45) is 12.9. The molecule has 0 atom stereocenters. The van der Waals surface area contributed by atoms with Crippen molar-refractivity contribution in [2.45, 2.75) is 64.5 Å². The molecule has 0 fully saturated rings. The van der Waals surface area contributed by atoms with E-state index in [0.29, 0.717) is 0 Å². The summed E-state index contributed by atoms with van der Waals surface area (Å²) in [7, 11) is 22.5. The molecule has 0 bridgehead atoms. The van der Waals surface area contributed by atoms with E-state index in [2.05, 4.69) is 412 Å². The summed E-state index contributed by atoms with van der Waals surface area (Å²) in [5.41, 5.74) is 42.5. The molecule has 2 aromatic heterocycles. The number of hydrogen-bond acceptors (Lipinski definition) is 6. The molecule has 2 aliphatic carbocycles. The van der Waals surface area contributed by atoms with Gasteiger partial charge in [0.15, 0.2) is 0 Å². The number of rotatable bonds is 6. The standard InChI is InChI=1S/C16H13N.3C15H15N.3C14H13N.C12H11N.C9H11N.3Y/c1-17-15-9-5-4-8-13(15)14-10-11-6-2-3-7-12(11)16(14)17;1-16-14-8-4-2-6-12(14)10-11-13-7-3-5-9-15(13)16;2*1-16-11-14-8-3-2-6-12(14)10-13-7-4-5-9-15(13)16;1-15-13-8-4-2-6-11(13)10-12-7-3-5-9-14(12)15;1-12-8-6-7-11-14(12)15(2)13-9-4-3-5-10-13;1-15-14-10-6-5-9-13(14)11-12-7-3-2-4-8-12;1-13-11-7-3-2-5-9(11)10-6-4-8-12(10)13;1-8-6-4-5-7-9(8)10(2)3;;;/h2-9H,10H2,1H3;3*2-9H,10-11H2,1H3;2-9H,10H2,1H3;3-9,11H,1H2,2H3;2-7,9-10H,11H2,1H3;2-5,7-8H,6H2,1H3;4-7H,1-2H2,3H3;;;/q;;;;;2*-2;;-2;;;. The van der Waals surface area contributed by atoms with Gasteiger partial charge in [0.1, 0.15) is 0 Å². The molecule has 0 saturated carbocycles. The number of para-hydroxylation sites is 12. The Balaban J connectivity index is 0.000000129. The van der Waals surface area contributed by atoms with Gasteiger partial charge in [-0.2, -0.15) is 97.3 Å². The van der Waals surface area contributed by atoms with Crippen molar-refractivity contribution in [3.63, 3.8) is 0 Å². The second-order valence-electron chi connectivity index (χ2n) is 34.6. The van der Waals surface area contributed by atoms with E-state index in [1.54, 1.807) is 0 Å². The predicted molar refractivity (Wildman–Crippen MR) is 567 cm³/mol. The second kappa shape index (κ2) is 49.1. The first kappa shape index (κ1) is 101. The topological polar surface area (TPSA) is 43.4 Å². The van der Waals surface area contributed by atoms with E-state index < -0.39 is 0 Å². The van der Waals surface area contributed by atoms with Crippen LogP contribution in [-0.4, -0.2) is 58.5 Å². The van der Waals surface area contributed by atoms with Gasteiger partial charge in [-0.3, -0.25) is 7.05 Å². The van der Waals surface area contributed by atoms with Gasteiger partial charge < -0.3 is 43.9 Å². The fourth-order valence-corrected chi connectivity index (χ4v) is 19.1. The third-order valence-corrected chi connectivity index (χ3v) is 26.0. The molecular weight excluding hydrogens is 1880 g/mol. The molecule has 3 radical (unpaired) electrons. The Bertz CT molecular complexity index is 6770. The van der Waals surface area contributed by atoms with E-state index in [9.17, 15) is 0 Å². The maximum absolute atomic E-state index is 4.25. The van der Waals surface area contributed by atoms with Crippen molar-refractivity contribution in [3.8, 4) is 11.3 Å². The predicted octanol–water partition coefficient (Wildman–Crippen LogP) is 29.1. The van der Waals surface area contributed by atoms with Crippen LogP contribution in [0.5, 0.6) is 0 Å². The van der Waals surface area contributed by atoms with Crippen molar-refractivity contribution >= 4 is 84.8 Å². The molecule has 9 nitrogen and oxygen atoms in total. The summed E-state index contributed by atoms with van der Waals surface area (Å²) >= 11 is 0. The third-order valence-electron chi connectivity index (χ3n) is 26.0. The van der Waals surface area contributed by atoms with Crippen LogP contribution in [0.15, 0.2) is 394 Å². The smallest absolute Gasteiger partial charge is 0.0527 e.